The third-order valence-corrected chi connectivity index (χ3v) is 6.81. The summed E-state index contributed by atoms with van der Waals surface area (Å²) in [6.07, 6.45) is 3.14. The Morgan fingerprint density at radius 3 is 2.67 bits per heavy atom. The van der Waals surface area contributed by atoms with Gasteiger partial charge in [-0.05, 0) is 49.4 Å². The van der Waals surface area contributed by atoms with Crippen molar-refractivity contribution in [3.8, 4) is 0 Å². The van der Waals surface area contributed by atoms with Crippen LogP contribution in [-0.4, -0.2) is 22.0 Å². The molecule has 0 bridgehead atoms. The summed E-state index contributed by atoms with van der Waals surface area (Å²) in [6.45, 7) is 7.63. The van der Waals surface area contributed by atoms with E-state index in [4.69, 9.17) is 23.2 Å². The maximum atomic E-state index is 12.9. The van der Waals surface area contributed by atoms with Gasteiger partial charge in [-0.15, -0.1) is 0 Å². The molecule has 118 valence electrons. The number of halogens is 2. The fourth-order valence-electron chi connectivity index (χ4n) is 3.05. The van der Waals surface area contributed by atoms with Crippen LogP contribution in [0.1, 0.15) is 40.0 Å². The van der Waals surface area contributed by atoms with Crippen LogP contribution < -0.4 is 5.32 Å². The Morgan fingerprint density at radius 2 is 2.05 bits per heavy atom. The van der Waals surface area contributed by atoms with Crippen LogP contribution in [0, 0.1) is 5.41 Å². The Bertz CT molecular complexity index is 533. The molecule has 0 aromatic heterocycles. The molecule has 1 aliphatic carbocycles. The van der Waals surface area contributed by atoms with Gasteiger partial charge in [0, 0.05) is 10.9 Å². The lowest BCUT2D eigenvalue weighted by molar-refractivity contribution is 0.286. The highest BCUT2D eigenvalue weighted by Crippen LogP contribution is 2.41. The topological polar surface area (TPSA) is 29.1 Å². The molecular formula is C16H23Cl2NOS. The van der Waals surface area contributed by atoms with E-state index in [1.165, 1.54) is 0 Å². The van der Waals surface area contributed by atoms with E-state index in [1.807, 2.05) is 6.07 Å². The fraction of sp³-hybridized carbons (Fsp3) is 0.625. The molecule has 2 nitrogen and oxygen atoms in total. The van der Waals surface area contributed by atoms with E-state index >= 15 is 0 Å². The van der Waals surface area contributed by atoms with E-state index in [9.17, 15) is 4.21 Å². The van der Waals surface area contributed by atoms with Crippen LogP contribution >= 0.6 is 23.2 Å². The molecule has 2 rings (SSSR count). The van der Waals surface area contributed by atoms with Crippen molar-refractivity contribution in [2.75, 3.05) is 6.54 Å². The zero-order valence-corrected chi connectivity index (χ0v) is 15.1. The molecule has 3 unspecified atom stereocenters. The van der Waals surface area contributed by atoms with Crippen LogP contribution in [0.15, 0.2) is 23.1 Å². The van der Waals surface area contributed by atoms with Crippen LogP contribution in [-0.2, 0) is 10.8 Å². The molecule has 0 heterocycles. The third kappa shape index (κ3) is 3.82. The predicted molar refractivity (Wildman–Crippen MR) is 91.8 cm³/mol. The van der Waals surface area contributed by atoms with Gasteiger partial charge in [0.2, 0.25) is 0 Å². The van der Waals surface area contributed by atoms with Crippen molar-refractivity contribution in [3.05, 3.63) is 28.2 Å². The number of rotatable bonds is 5. The standard InChI is InChI=1S/C16H23Cl2NOS/c1-4-9-19-15-14(7-8-16(15,2)3)21(20)11-5-6-12(17)13(18)10-11/h5-6,10,14-15,19H,4,7-9H2,1-3H3. The molecular weight excluding hydrogens is 325 g/mol. The van der Waals surface area contributed by atoms with Gasteiger partial charge in [0.15, 0.2) is 0 Å². The predicted octanol–water partition coefficient (Wildman–Crippen LogP) is 4.66. The Labute approximate surface area is 140 Å². The zero-order chi connectivity index (χ0) is 15.6. The van der Waals surface area contributed by atoms with E-state index in [1.54, 1.807) is 12.1 Å². The van der Waals surface area contributed by atoms with E-state index in [0.29, 0.717) is 10.0 Å². The zero-order valence-electron chi connectivity index (χ0n) is 12.8. The maximum Gasteiger partial charge on any atom is 0.0604 e. The Kier molecular flexibility index (Phi) is 5.75. The first-order valence-corrected chi connectivity index (χ1v) is 9.42. The van der Waals surface area contributed by atoms with Crippen molar-refractivity contribution in [3.63, 3.8) is 0 Å². The minimum atomic E-state index is -1.06. The molecule has 5 heteroatoms. The molecule has 1 N–H and O–H groups in total. The van der Waals surface area contributed by atoms with E-state index in [0.717, 1.165) is 30.7 Å². The molecule has 1 saturated carbocycles. The van der Waals surface area contributed by atoms with Gasteiger partial charge in [0.1, 0.15) is 0 Å². The highest BCUT2D eigenvalue weighted by Gasteiger charge is 2.44. The summed E-state index contributed by atoms with van der Waals surface area (Å²) in [4.78, 5) is 0.774. The molecule has 1 aromatic rings. The molecule has 0 radical (unpaired) electrons. The third-order valence-electron chi connectivity index (χ3n) is 4.30. The summed E-state index contributed by atoms with van der Waals surface area (Å²) in [5, 5.41) is 4.70. The van der Waals surface area contributed by atoms with Crippen molar-refractivity contribution >= 4 is 34.0 Å². The first kappa shape index (κ1) is 17.3. The normalized spacial score (nSPS) is 26.0. The summed E-state index contributed by atoms with van der Waals surface area (Å²) in [5.74, 6) is 0. The summed E-state index contributed by atoms with van der Waals surface area (Å²) in [7, 11) is -1.06. The Hall–Kier alpha value is -0.0900. The van der Waals surface area contributed by atoms with Crippen molar-refractivity contribution < 1.29 is 4.21 Å². The van der Waals surface area contributed by atoms with Crippen LogP contribution in [0.5, 0.6) is 0 Å². The average molecular weight is 348 g/mol. The molecule has 0 saturated heterocycles. The molecule has 0 amide bonds. The van der Waals surface area contributed by atoms with E-state index in [2.05, 4.69) is 26.1 Å². The van der Waals surface area contributed by atoms with Crippen LogP contribution in [0.3, 0.4) is 0 Å². The number of nitrogens with one attached hydrogen (secondary N) is 1. The molecule has 0 aliphatic heterocycles. The van der Waals surface area contributed by atoms with Crippen LogP contribution in [0.4, 0.5) is 0 Å². The highest BCUT2D eigenvalue weighted by atomic mass is 35.5. The van der Waals surface area contributed by atoms with Crippen molar-refractivity contribution in [2.24, 2.45) is 5.41 Å². The molecule has 1 aliphatic rings. The van der Waals surface area contributed by atoms with Gasteiger partial charge in [-0.1, -0.05) is 44.0 Å². The molecule has 0 spiro atoms. The lowest BCUT2D eigenvalue weighted by Gasteiger charge is -2.31. The highest BCUT2D eigenvalue weighted by molar-refractivity contribution is 7.85. The molecule has 1 fully saturated rings. The maximum absolute atomic E-state index is 12.9. The molecule has 21 heavy (non-hydrogen) atoms. The first-order valence-electron chi connectivity index (χ1n) is 7.46. The van der Waals surface area contributed by atoms with Crippen molar-refractivity contribution in [1.82, 2.24) is 5.32 Å². The lowest BCUT2D eigenvalue weighted by atomic mass is 9.87. The SMILES string of the molecule is CCCNC1C(S(=O)c2ccc(Cl)c(Cl)c2)CCC1(C)C. The average Bonchev–Trinajstić information content (AvgIpc) is 2.74. The quantitative estimate of drug-likeness (QED) is 0.839. The van der Waals surface area contributed by atoms with Gasteiger partial charge in [0.25, 0.3) is 0 Å². The second-order valence-electron chi connectivity index (χ2n) is 6.37. The number of hydrogen-bond acceptors (Lipinski definition) is 2. The Morgan fingerprint density at radius 1 is 1.33 bits per heavy atom. The van der Waals surface area contributed by atoms with Crippen LogP contribution in [0.25, 0.3) is 0 Å². The van der Waals surface area contributed by atoms with E-state index < -0.39 is 10.8 Å². The van der Waals surface area contributed by atoms with Crippen molar-refractivity contribution in [1.29, 1.82) is 0 Å². The number of hydrogen-bond donors (Lipinski definition) is 1. The Balaban J connectivity index is 2.22. The van der Waals surface area contributed by atoms with E-state index in [-0.39, 0.29) is 16.7 Å². The summed E-state index contributed by atoms with van der Waals surface area (Å²) < 4.78 is 12.9. The van der Waals surface area contributed by atoms with Gasteiger partial charge in [-0.25, -0.2) is 0 Å². The minimum Gasteiger partial charge on any atom is -0.312 e. The monoisotopic (exact) mass is 347 g/mol. The van der Waals surface area contributed by atoms with Crippen molar-refractivity contribution in [2.45, 2.75) is 56.2 Å². The van der Waals surface area contributed by atoms with Gasteiger partial charge in [-0.3, -0.25) is 4.21 Å². The second kappa shape index (κ2) is 6.99. The molecule has 1 aromatic carbocycles. The fourth-order valence-corrected chi connectivity index (χ4v) is 5.25. The van der Waals surface area contributed by atoms with Gasteiger partial charge in [-0.2, -0.15) is 0 Å². The first-order chi connectivity index (χ1) is 9.86. The minimum absolute atomic E-state index is 0.129. The van der Waals surface area contributed by atoms with Crippen LogP contribution in [0.2, 0.25) is 10.0 Å². The lowest BCUT2D eigenvalue weighted by Crippen LogP contribution is -2.46. The van der Waals surface area contributed by atoms with Gasteiger partial charge < -0.3 is 5.32 Å². The smallest absolute Gasteiger partial charge is 0.0604 e. The summed E-state index contributed by atoms with van der Waals surface area (Å²) in [6, 6.07) is 5.56. The molecule has 3 atom stereocenters. The number of benzene rings is 1. The second-order valence-corrected chi connectivity index (χ2v) is 8.86. The van der Waals surface area contributed by atoms with Gasteiger partial charge in [0.05, 0.1) is 26.1 Å². The van der Waals surface area contributed by atoms with Gasteiger partial charge >= 0.3 is 0 Å². The summed E-state index contributed by atoms with van der Waals surface area (Å²) >= 11 is 12.0. The largest absolute Gasteiger partial charge is 0.312 e. The summed E-state index contributed by atoms with van der Waals surface area (Å²) in [5.41, 5.74) is 0.172.